The van der Waals surface area contributed by atoms with Crippen LogP contribution in [0.15, 0.2) is 75.8 Å². The van der Waals surface area contributed by atoms with Crippen LogP contribution in [0.25, 0.3) is 10.8 Å². The van der Waals surface area contributed by atoms with E-state index in [9.17, 15) is 22.9 Å². The van der Waals surface area contributed by atoms with Crippen molar-refractivity contribution in [3.8, 4) is 11.5 Å². The van der Waals surface area contributed by atoms with Crippen LogP contribution in [-0.2, 0) is 16.5 Å². The maximum atomic E-state index is 13.5. The Morgan fingerprint density at radius 3 is 2.40 bits per heavy atom. The number of carbonyl (C=O) groups excluding carboxylic acids is 1. The van der Waals surface area contributed by atoms with Crippen molar-refractivity contribution in [1.82, 2.24) is 0 Å². The van der Waals surface area contributed by atoms with Crippen LogP contribution >= 0.6 is 23.2 Å². The fraction of sp³-hybridized carbons (Fsp3) is 0.148. The molecule has 0 heterocycles. The van der Waals surface area contributed by atoms with Crippen molar-refractivity contribution in [2.45, 2.75) is 25.2 Å². The number of azo groups is 1. The van der Waals surface area contributed by atoms with Gasteiger partial charge in [-0.15, -0.1) is 5.11 Å². The molecule has 202 valence electrons. The summed E-state index contributed by atoms with van der Waals surface area (Å²) in [6.45, 7) is 3.89. The van der Waals surface area contributed by atoms with E-state index in [1.54, 1.807) is 50.2 Å². The molecule has 0 atom stereocenters. The van der Waals surface area contributed by atoms with E-state index in [0.29, 0.717) is 45.8 Å². The zero-order valence-corrected chi connectivity index (χ0v) is 26.1. The first-order valence-corrected chi connectivity index (χ1v) is 13.9. The molecule has 0 aliphatic heterocycles. The molecule has 0 fully saturated rings. The molecule has 2 N–H and O–H groups in total. The molecule has 0 unspecified atom stereocenters. The molecule has 13 heteroatoms. The van der Waals surface area contributed by atoms with Gasteiger partial charge in [0.05, 0.1) is 27.9 Å². The van der Waals surface area contributed by atoms with Crippen molar-refractivity contribution >= 4 is 67.1 Å². The molecule has 0 saturated carbocycles. The molecular weight excluding hydrogens is 588 g/mol. The normalized spacial score (nSPS) is 11.4. The SMILES string of the molecule is CCOc1ccc(Cl)cc1NC(=O)c1cc2ccccc2c(N=Nc2c(Cl)cc(S(=O)(=O)O)cc2CC)c1[O-].[Na+]. The zero-order chi connectivity index (χ0) is 28.3. The summed E-state index contributed by atoms with van der Waals surface area (Å²) in [7, 11) is -4.50. The van der Waals surface area contributed by atoms with Gasteiger partial charge in [-0.1, -0.05) is 60.1 Å². The Morgan fingerprint density at radius 1 is 1.02 bits per heavy atom. The van der Waals surface area contributed by atoms with Crippen molar-refractivity contribution in [2.75, 3.05) is 11.9 Å². The Morgan fingerprint density at radius 2 is 1.73 bits per heavy atom. The van der Waals surface area contributed by atoms with Crippen LogP contribution in [0.3, 0.4) is 0 Å². The summed E-state index contributed by atoms with van der Waals surface area (Å²) >= 11 is 12.4. The van der Waals surface area contributed by atoms with Gasteiger partial charge in [-0.2, -0.15) is 13.5 Å². The van der Waals surface area contributed by atoms with Gasteiger partial charge in [0, 0.05) is 16.0 Å². The van der Waals surface area contributed by atoms with Crippen LogP contribution in [0.5, 0.6) is 11.5 Å². The van der Waals surface area contributed by atoms with Gasteiger partial charge in [0.25, 0.3) is 16.0 Å². The number of benzene rings is 4. The van der Waals surface area contributed by atoms with Crippen molar-refractivity contribution in [3.63, 3.8) is 0 Å². The van der Waals surface area contributed by atoms with E-state index < -0.39 is 21.8 Å². The Bertz CT molecular complexity index is 1730. The average Bonchev–Trinajstić information content (AvgIpc) is 2.89. The van der Waals surface area contributed by atoms with Crippen LogP contribution in [0.4, 0.5) is 17.1 Å². The molecule has 9 nitrogen and oxygen atoms in total. The Kier molecular flexibility index (Phi) is 10.6. The van der Waals surface area contributed by atoms with E-state index >= 15 is 0 Å². The summed E-state index contributed by atoms with van der Waals surface area (Å²) in [5, 5.41) is 25.8. The van der Waals surface area contributed by atoms with E-state index in [-0.39, 0.29) is 56.4 Å². The van der Waals surface area contributed by atoms with E-state index in [1.807, 2.05) is 0 Å². The molecule has 4 aromatic rings. The molecule has 0 saturated heterocycles. The Labute approximate surface area is 263 Å². The molecule has 0 spiro atoms. The quantitative estimate of drug-likeness (QED) is 0.175. The molecule has 0 aromatic heterocycles. The second kappa shape index (κ2) is 13.3. The van der Waals surface area contributed by atoms with Gasteiger partial charge in [-0.05, 0) is 60.7 Å². The number of rotatable bonds is 8. The number of halogens is 2. The topological polar surface area (TPSA) is 140 Å². The molecule has 1 amide bonds. The maximum absolute atomic E-state index is 13.5. The standard InChI is InChI=1S/C27H23Cl2N3O6S.Na/c1-3-15-11-18(39(35,36)37)14-21(29)24(15)31-32-25-19-8-6-5-7-16(19)12-20(26(25)33)27(34)30-22-13-17(28)9-10-23(22)38-4-2;/h5-14,33H,3-4H2,1-2H3,(H,30,34)(H,35,36,37);/q;+1/p-1. The number of aryl methyl sites for hydroxylation is 1. The predicted molar refractivity (Wildman–Crippen MR) is 149 cm³/mol. The number of nitrogens with one attached hydrogen (secondary N) is 1. The fourth-order valence-electron chi connectivity index (χ4n) is 3.91. The Balaban J connectivity index is 0.00000441. The van der Waals surface area contributed by atoms with Crippen molar-refractivity contribution in [3.05, 3.63) is 81.8 Å². The monoisotopic (exact) mass is 609 g/mol. The van der Waals surface area contributed by atoms with Gasteiger partial charge in [-0.25, -0.2) is 0 Å². The number of carbonyl (C=O) groups is 1. The number of hydrogen-bond acceptors (Lipinski definition) is 7. The second-order valence-electron chi connectivity index (χ2n) is 8.29. The largest absolute Gasteiger partial charge is 1.00 e. The summed E-state index contributed by atoms with van der Waals surface area (Å²) in [5.74, 6) is -0.993. The van der Waals surface area contributed by atoms with E-state index in [2.05, 4.69) is 15.5 Å². The first-order valence-electron chi connectivity index (χ1n) is 11.7. The smallest absolute Gasteiger partial charge is 0.870 e. The van der Waals surface area contributed by atoms with Gasteiger partial charge in [0.15, 0.2) is 0 Å². The maximum Gasteiger partial charge on any atom is 1.00 e. The molecule has 0 aliphatic carbocycles. The van der Waals surface area contributed by atoms with Gasteiger partial charge >= 0.3 is 29.6 Å². The fourth-order valence-corrected chi connectivity index (χ4v) is 4.98. The zero-order valence-electron chi connectivity index (χ0n) is 21.7. The molecule has 0 aliphatic rings. The van der Waals surface area contributed by atoms with Gasteiger partial charge < -0.3 is 15.2 Å². The first kappa shape index (κ1) is 31.8. The molecule has 4 aromatic carbocycles. The number of hydrogen-bond donors (Lipinski definition) is 2. The van der Waals surface area contributed by atoms with Gasteiger partial charge in [0.2, 0.25) is 0 Å². The molecular formula is C27H22Cl2N3NaO6S. The van der Waals surface area contributed by atoms with Crippen molar-refractivity contribution < 1.29 is 57.2 Å². The van der Waals surface area contributed by atoms with Crippen LogP contribution in [0.1, 0.15) is 29.8 Å². The molecule has 0 bridgehead atoms. The first-order chi connectivity index (χ1) is 18.5. The summed E-state index contributed by atoms with van der Waals surface area (Å²) in [5.41, 5.74) is 0.516. The van der Waals surface area contributed by atoms with E-state index in [1.165, 1.54) is 18.2 Å². The van der Waals surface area contributed by atoms with Crippen LogP contribution in [0, 0.1) is 0 Å². The van der Waals surface area contributed by atoms with Gasteiger partial charge in [0.1, 0.15) is 11.4 Å². The van der Waals surface area contributed by atoms with Crippen molar-refractivity contribution in [2.24, 2.45) is 10.2 Å². The average molecular weight is 610 g/mol. The van der Waals surface area contributed by atoms with Crippen LogP contribution in [0.2, 0.25) is 10.0 Å². The van der Waals surface area contributed by atoms with Crippen molar-refractivity contribution in [1.29, 1.82) is 0 Å². The summed E-state index contributed by atoms with van der Waals surface area (Å²) in [6, 6.07) is 15.3. The summed E-state index contributed by atoms with van der Waals surface area (Å²) in [6.07, 6.45) is 0.312. The third-order valence-electron chi connectivity index (χ3n) is 5.75. The third-order valence-corrected chi connectivity index (χ3v) is 7.11. The number of amides is 1. The van der Waals surface area contributed by atoms with E-state index in [4.69, 9.17) is 27.9 Å². The van der Waals surface area contributed by atoms with Crippen LogP contribution < -0.4 is 44.7 Å². The van der Waals surface area contributed by atoms with Gasteiger partial charge in [-0.3, -0.25) is 9.35 Å². The molecule has 40 heavy (non-hydrogen) atoms. The van der Waals surface area contributed by atoms with E-state index in [0.717, 1.165) is 6.07 Å². The minimum Gasteiger partial charge on any atom is -0.870 e. The summed E-state index contributed by atoms with van der Waals surface area (Å²) in [4.78, 5) is 12.9. The minimum absolute atomic E-state index is 0. The number of ether oxygens (including phenoxy) is 1. The Hall–Kier alpha value is -2.70. The second-order valence-corrected chi connectivity index (χ2v) is 10.6. The molecule has 0 radical (unpaired) electrons. The third kappa shape index (κ3) is 6.95. The van der Waals surface area contributed by atoms with Crippen LogP contribution in [-0.4, -0.2) is 25.5 Å². The summed E-state index contributed by atoms with van der Waals surface area (Å²) < 4.78 is 38.1. The predicted octanol–water partition coefficient (Wildman–Crippen LogP) is 4.10. The minimum atomic E-state index is -4.50. The molecule has 4 rings (SSSR count). The number of fused-ring (bicyclic) bond motifs is 1. The number of nitrogens with zero attached hydrogens (tertiary/aromatic N) is 2. The number of anilines is 1.